The first kappa shape index (κ1) is 21.1. The number of nitriles is 1. The Morgan fingerprint density at radius 1 is 1.04 bits per heavy atom. The smallest absolute Gasteiger partial charge is 0.306 e. The molecule has 28 heavy (non-hydrogen) atoms. The Balaban J connectivity index is 1.59. The van der Waals surface area contributed by atoms with Gasteiger partial charge in [-0.2, -0.15) is 5.26 Å². The average Bonchev–Trinajstić information content (AvgIpc) is 2.71. The fraction of sp³-hybridized carbons (Fsp3) is 0.238. The van der Waals surface area contributed by atoms with Gasteiger partial charge in [0.2, 0.25) is 5.91 Å². The van der Waals surface area contributed by atoms with Crippen LogP contribution in [0.4, 0.5) is 5.69 Å². The summed E-state index contributed by atoms with van der Waals surface area (Å²) in [5.41, 5.74) is 2.38. The molecule has 2 aromatic rings. The molecule has 2 N–H and O–H groups in total. The molecule has 7 heteroatoms. The standard InChI is InChI=1S/C21H21N3O3S/c22-15-17-8-10-18(11-9-17)23-21(28)24-19(25)12-13-20(26)27-14-4-7-16-5-2-1-3-6-16/h1-3,5-6,8-11H,4,7,12-14H2,(H2,23,24,25,28). The van der Waals surface area contributed by atoms with Crippen LogP contribution in [0.3, 0.4) is 0 Å². The predicted molar refractivity (Wildman–Crippen MR) is 110 cm³/mol. The van der Waals surface area contributed by atoms with Crippen molar-refractivity contribution in [1.29, 1.82) is 5.26 Å². The number of aryl methyl sites for hydroxylation is 1. The van der Waals surface area contributed by atoms with Crippen molar-refractivity contribution in [2.24, 2.45) is 0 Å². The number of thiocarbonyl (C=S) groups is 1. The van der Waals surface area contributed by atoms with Crippen LogP contribution in [0.15, 0.2) is 54.6 Å². The molecule has 1 amide bonds. The fourth-order valence-corrected chi connectivity index (χ4v) is 2.61. The summed E-state index contributed by atoms with van der Waals surface area (Å²) < 4.78 is 5.14. The van der Waals surface area contributed by atoms with Gasteiger partial charge >= 0.3 is 5.97 Å². The van der Waals surface area contributed by atoms with Crippen LogP contribution in [0.1, 0.15) is 30.4 Å². The van der Waals surface area contributed by atoms with Crippen LogP contribution in [0.2, 0.25) is 0 Å². The van der Waals surface area contributed by atoms with E-state index in [1.807, 2.05) is 36.4 Å². The molecule has 0 heterocycles. The van der Waals surface area contributed by atoms with Crippen molar-refractivity contribution in [2.45, 2.75) is 25.7 Å². The molecule has 6 nitrogen and oxygen atoms in total. The minimum absolute atomic E-state index is 0.00332. The largest absolute Gasteiger partial charge is 0.466 e. The zero-order chi connectivity index (χ0) is 20.2. The Morgan fingerprint density at radius 2 is 1.75 bits per heavy atom. The van der Waals surface area contributed by atoms with Gasteiger partial charge < -0.3 is 15.4 Å². The number of carbonyl (C=O) groups excluding carboxylic acids is 2. The van der Waals surface area contributed by atoms with Crippen molar-refractivity contribution in [2.75, 3.05) is 11.9 Å². The number of rotatable bonds is 8. The zero-order valence-corrected chi connectivity index (χ0v) is 16.1. The topological polar surface area (TPSA) is 91.2 Å². The van der Waals surface area contributed by atoms with Crippen molar-refractivity contribution in [3.63, 3.8) is 0 Å². The van der Waals surface area contributed by atoms with E-state index in [1.165, 1.54) is 5.56 Å². The van der Waals surface area contributed by atoms with Gasteiger partial charge in [-0.15, -0.1) is 0 Å². The first-order chi connectivity index (χ1) is 13.6. The molecule has 0 aliphatic heterocycles. The number of amides is 1. The molecule has 144 valence electrons. The second-order valence-corrected chi connectivity index (χ2v) is 6.41. The molecule has 0 aromatic heterocycles. The summed E-state index contributed by atoms with van der Waals surface area (Å²) in [6.45, 7) is 0.327. The van der Waals surface area contributed by atoms with E-state index in [2.05, 4.69) is 10.6 Å². The molecule has 0 saturated carbocycles. The number of nitrogens with one attached hydrogen (secondary N) is 2. The minimum atomic E-state index is -0.408. The van der Waals surface area contributed by atoms with E-state index in [9.17, 15) is 9.59 Å². The van der Waals surface area contributed by atoms with Gasteiger partial charge in [0.25, 0.3) is 0 Å². The van der Waals surface area contributed by atoms with Crippen LogP contribution in [-0.2, 0) is 20.7 Å². The highest BCUT2D eigenvalue weighted by atomic mass is 32.1. The molecular formula is C21H21N3O3S. The molecule has 2 rings (SSSR count). The zero-order valence-electron chi connectivity index (χ0n) is 15.3. The summed E-state index contributed by atoms with van der Waals surface area (Å²) in [5, 5.41) is 14.2. The Morgan fingerprint density at radius 3 is 2.43 bits per heavy atom. The SMILES string of the molecule is N#Cc1ccc(NC(=S)NC(=O)CCC(=O)OCCCc2ccccc2)cc1. The maximum atomic E-state index is 11.9. The highest BCUT2D eigenvalue weighted by molar-refractivity contribution is 7.80. The molecule has 0 radical (unpaired) electrons. The number of esters is 1. The van der Waals surface area contributed by atoms with Gasteiger partial charge in [0, 0.05) is 12.1 Å². The van der Waals surface area contributed by atoms with E-state index >= 15 is 0 Å². The molecule has 0 atom stereocenters. The maximum absolute atomic E-state index is 11.9. The summed E-state index contributed by atoms with van der Waals surface area (Å²) in [6, 6.07) is 18.6. The minimum Gasteiger partial charge on any atom is -0.466 e. The predicted octanol–water partition coefficient (Wildman–Crippen LogP) is 3.33. The third-order valence-electron chi connectivity index (χ3n) is 3.80. The van der Waals surface area contributed by atoms with Gasteiger partial charge in [0.05, 0.1) is 24.7 Å². The molecule has 0 aliphatic rings. The first-order valence-corrected chi connectivity index (χ1v) is 9.28. The van der Waals surface area contributed by atoms with Gasteiger partial charge in [-0.25, -0.2) is 0 Å². The van der Waals surface area contributed by atoms with Crippen molar-refractivity contribution in [3.05, 3.63) is 65.7 Å². The number of benzene rings is 2. The Hall–Kier alpha value is -3.24. The van der Waals surface area contributed by atoms with Crippen molar-refractivity contribution in [3.8, 4) is 6.07 Å². The third kappa shape index (κ3) is 7.98. The van der Waals surface area contributed by atoms with E-state index in [0.717, 1.165) is 12.8 Å². The van der Waals surface area contributed by atoms with Gasteiger partial charge in [-0.3, -0.25) is 9.59 Å². The molecule has 0 fully saturated rings. The lowest BCUT2D eigenvalue weighted by atomic mass is 10.1. The highest BCUT2D eigenvalue weighted by Crippen LogP contribution is 2.08. The molecule has 0 aliphatic carbocycles. The summed E-state index contributed by atoms with van der Waals surface area (Å²) >= 11 is 5.06. The van der Waals surface area contributed by atoms with Gasteiger partial charge in [0.1, 0.15) is 0 Å². The summed E-state index contributed by atoms with van der Waals surface area (Å²) in [5.74, 6) is -0.776. The lowest BCUT2D eigenvalue weighted by molar-refractivity contribution is -0.145. The molecule has 0 unspecified atom stereocenters. The monoisotopic (exact) mass is 395 g/mol. The average molecular weight is 395 g/mol. The van der Waals surface area contributed by atoms with Gasteiger partial charge in [-0.05, 0) is 54.9 Å². The fourth-order valence-electron chi connectivity index (χ4n) is 2.37. The molecule has 0 saturated heterocycles. The molecule has 0 bridgehead atoms. The normalized spacial score (nSPS) is 9.82. The Bertz CT molecular complexity index is 845. The number of nitrogens with zero attached hydrogens (tertiary/aromatic N) is 1. The van der Waals surface area contributed by atoms with E-state index in [-0.39, 0.29) is 23.9 Å². The van der Waals surface area contributed by atoms with Crippen LogP contribution in [0.25, 0.3) is 0 Å². The van der Waals surface area contributed by atoms with Crippen molar-refractivity contribution < 1.29 is 14.3 Å². The van der Waals surface area contributed by atoms with Crippen LogP contribution in [0.5, 0.6) is 0 Å². The lowest BCUT2D eigenvalue weighted by Gasteiger charge is -2.09. The summed E-state index contributed by atoms with van der Waals surface area (Å²) in [6.07, 6.45) is 1.56. The van der Waals surface area contributed by atoms with E-state index in [0.29, 0.717) is 17.9 Å². The van der Waals surface area contributed by atoms with Crippen LogP contribution < -0.4 is 10.6 Å². The van der Waals surface area contributed by atoms with Gasteiger partial charge in [-0.1, -0.05) is 30.3 Å². The van der Waals surface area contributed by atoms with Crippen LogP contribution >= 0.6 is 12.2 Å². The molecule has 0 spiro atoms. The Kier molecular flexibility index (Phi) is 8.63. The number of hydrogen-bond acceptors (Lipinski definition) is 5. The molecular weight excluding hydrogens is 374 g/mol. The quantitative estimate of drug-likeness (QED) is 0.405. The Labute approximate surface area is 169 Å². The number of carbonyl (C=O) groups is 2. The second kappa shape index (κ2) is 11.5. The summed E-state index contributed by atoms with van der Waals surface area (Å²) in [4.78, 5) is 23.6. The maximum Gasteiger partial charge on any atom is 0.306 e. The third-order valence-corrected chi connectivity index (χ3v) is 4.00. The van der Waals surface area contributed by atoms with E-state index in [4.69, 9.17) is 22.2 Å². The number of ether oxygens (including phenoxy) is 1. The first-order valence-electron chi connectivity index (χ1n) is 8.87. The van der Waals surface area contributed by atoms with Crippen LogP contribution in [-0.4, -0.2) is 23.6 Å². The van der Waals surface area contributed by atoms with Crippen LogP contribution in [0, 0.1) is 11.3 Å². The van der Waals surface area contributed by atoms with Crippen molar-refractivity contribution in [1.82, 2.24) is 5.32 Å². The number of anilines is 1. The number of hydrogen-bond donors (Lipinski definition) is 2. The second-order valence-electron chi connectivity index (χ2n) is 6.00. The molecule has 2 aromatic carbocycles. The van der Waals surface area contributed by atoms with Gasteiger partial charge in [0.15, 0.2) is 5.11 Å². The van der Waals surface area contributed by atoms with Crippen molar-refractivity contribution >= 4 is 34.9 Å². The van der Waals surface area contributed by atoms with E-state index in [1.54, 1.807) is 24.3 Å². The van der Waals surface area contributed by atoms with E-state index < -0.39 is 5.97 Å². The lowest BCUT2D eigenvalue weighted by Crippen LogP contribution is -2.34. The summed E-state index contributed by atoms with van der Waals surface area (Å²) in [7, 11) is 0. The highest BCUT2D eigenvalue weighted by Gasteiger charge is 2.10.